The molecule has 2 N–H and O–H groups in total. The highest BCUT2D eigenvalue weighted by Crippen LogP contribution is 2.27. The van der Waals surface area contributed by atoms with Crippen molar-refractivity contribution in [2.45, 2.75) is 46.0 Å². The zero-order chi connectivity index (χ0) is 20.4. The van der Waals surface area contributed by atoms with Gasteiger partial charge in [0.2, 0.25) is 0 Å². The van der Waals surface area contributed by atoms with Crippen LogP contribution >= 0.6 is 0 Å². The van der Waals surface area contributed by atoms with Gasteiger partial charge in [0.15, 0.2) is 0 Å². The van der Waals surface area contributed by atoms with Gasteiger partial charge >= 0.3 is 0 Å². The first-order chi connectivity index (χ1) is 13.5. The minimum absolute atomic E-state index is 0.0843. The van der Waals surface area contributed by atoms with Crippen LogP contribution in [0.5, 0.6) is 0 Å². The van der Waals surface area contributed by atoms with Crippen LogP contribution in [-0.2, 0) is 11.2 Å². The third-order valence-electron chi connectivity index (χ3n) is 4.66. The van der Waals surface area contributed by atoms with Gasteiger partial charge in [-0.2, -0.15) is 5.26 Å². The first kappa shape index (κ1) is 21.2. The fourth-order valence-electron chi connectivity index (χ4n) is 3.05. The van der Waals surface area contributed by atoms with Gasteiger partial charge in [0.1, 0.15) is 11.6 Å². The molecule has 1 amide bonds. The molecule has 146 valence electrons. The van der Waals surface area contributed by atoms with Gasteiger partial charge in [-0.3, -0.25) is 4.79 Å². The van der Waals surface area contributed by atoms with Crippen molar-refractivity contribution in [2.75, 3.05) is 11.9 Å². The molecule has 0 atom stereocenters. The lowest BCUT2D eigenvalue weighted by atomic mass is 9.98. The zero-order valence-corrected chi connectivity index (χ0v) is 17.0. The molecule has 0 unspecified atom stereocenters. The largest absolute Gasteiger partial charge is 0.390 e. The van der Waals surface area contributed by atoms with Crippen LogP contribution < -0.4 is 10.6 Å². The smallest absolute Gasteiger partial charge is 0.267 e. The topological polar surface area (TPSA) is 64.9 Å². The van der Waals surface area contributed by atoms with Crippen LogP contribution in [0, 0.1) is 18.3 Å². The summed E-state index contributed by atoms with van der Waals surface area (Å²) in [5.41, 5.74) is 4.27. The molecule has 0 saturated carbocycles. The molecule has 2 rings (SSSR count). The Morgan fingerprint density at radius 2 is 1.86 bits per heavy atom. The van der Waals surface area contributed by atoms with E-state index in [2.05, 4.69) is 36.6 Å². The van der Waals surface area contributed by atoms with Crippen LogP contribution in [0.3, 0.4) is 0 Å². The van der Waals surface area contributed by atoms with E-state index in [0.29, 0.717) is 0 Å². The fourth-order valence-corrected chi connectivity index (χ4v) is 3.05. The molecule has 0 fully saturated rings. The first-order valence-corrected chi connectivity index (χ1v) is 9.81. The lowest BCUT2D eigenvalue weighted by Crippen LogP contribution is -2.19. The molecule has 0 aliphatic carbocycles. The van der Waals surface area contributed by atoms with Gasteiger partial charge in [-0.05, 0) is 48.8 Å². The SMILES string of the molecule is Cc1cccc(C(C)C)c1NC(=O)/C(C#N)=C\NCCCCc1ccccc1. The molecule has 0 aromatic heterocycles. The van der Waals surface area contributed by atoms with Gasteiger partial charge in [0, 0.05) is 18.4 Å². The molecule has 4 nitrogen and oxygen atoms in total. The highest BCUT2D eigenvalue weighted by molar-refractivity contribution is 6.07. The second-order valence-corrected chi connectivity index (χ2v) is 7.21. The molecule has 0 aliphatic heterocycles. The van der Waals surface area contributed by atoms with Crippen molar-refractivity contribution in [2.24, 2.45) is 0 Å². The molecule has 0 heterocycles. The van der Waals surface area contributed by atoms with Crippen LogP contribution in [-0.4, -0.2) is 12.5 Å². The summed E-state index contributed by atoms with van der Waals surface area (Å²) in [6.45, 7) is 6.86. The van der Waals surface area contributed by atoms with Crippen molar-refractivity contribution in [3.8, 4) is 6.07 Å². The van der Waals surface area contributed by atoms with E-state index in [1.54, 1.807) is 0 Å². The van der Waals surface area contributed by atoms with Crippen LogP contribution in [0.1, 0.15) is 49.3 Å². The molecule has 0 radical (unpaired) electrons. The summed E-state index contributed by atoms with van der Waals surface area (Å²) < 4.78 is 0. The minimum Gasteiger partial charge on any atom is -0.390 e. The van der Waals surface area contributed by atoms with Gasteiger partial charge in [0.05, 0.1) is 0 Å². The number of anilines is 1. The second kappa shape index (κ2) is 10.9. The molecular weight excluding hydrogens is 346 g/mol. The summed E-state index contributed by atoms with van der Waals surface area (Å²) >= 11 is 0. The number of unbranched alkanes of at least 4 members (excludes halogenated alkanes) is 1. The number of nitrogens with zero attached hydrogens (tertiary/aromatic N) is 1. The van der Waals surface area contributed by atoms with E-state index in [4.69, 9.17) is 0 Å². The first-order valence-electron chi connectivity index (χ1n) is 9.81. The Kier molecular flexibility index (Phi) is 8.30. The molecule has 28 heavy (non-hydrogen) atoms. The molecule has 0 spiro atoms. The molecule has 2 aromatic carbocycles. The van der Waals surface area contributed by atoms with Gasteiger partial charge in [-0.15, -0.1) is 0 Å². The zero-order valence-electron chi connectivity index (χ0n) is 17.0. The van der Waals surface area contributed by atoms with Crippen molar-refractivity contribution >= 4 is 11.6 Å². The van der Waals surface area contributed by atoms with E-state index in [1.807, 2.05) is 49.4 Å². The Balaban J connectivity index is 1.87. The number of nitriles is 1. The van der Waals surface area contributed by atoms with E-state index in [0.717, 1.165) is 42.6 Å². The summed E-state index contributed by atoms with van der Waals surface area (Å²) in [6.07, 6.45) is 4.58. The lowest BCUT2D eigenvalue weighted by Gasteiger charge is -2.16. The third kappa shape index (κ3) is 6.28. The summed E-state index contributed by atoms with van der Waals surface area (Å²) in [5.74, 6) is -0.0945. The number of rotatable bonds is 9. The Hall–Kier alpha value is -3.06. The Morgan fingerprint density at radius 1 is 1.11 bits per heavy atom. The van der Waals surface area contributed by atoms with E-state index in [1.165, 1.54) is 11.8 Å². The van der Waals surface area contributed by atoms with Crippen molar-refractivity contribution in [1.82, 2.24) is 5.32 Å². The van der Waals surface area contributed by atoms with Crippen molar-refractivity contribution < 1.29 is 4.79 Å². The maximum atomic E-state index is 12.5. The normalized spacial score (nSPS) is 11.2. The molecule has 0 aliphatic rings. The third-order valence-corrected chi connectivity index (χ3v) is 4.66. The van der Waals surface area contributed by atoms with Crippen LogP contribution in [0.25, 0.3) is 0 Å². The van der Waals surface area contributed by atoms with Gasteiger partial charge < -0.3 is 10.6 Å². The molecule has 2 aromatic rings. The summed E-state index contributed by atoms with van der Waals surface area (Å²) in [5, 5.41) is 15.4. The number of carbonyl (C=O) groups is 1. The molecule has 0 saturated heterocycles. The second-order valence-electron chi connectivity index (χ2n) is 7.21. The van der Waals surface area contributed by atoms with Crippen LogP contribution in [0.2, 0.25) is 0 Å². The van der Waals surface area contributed by atoms with Gasteiger partial charge in [-0.25, -0.2) is 0 Å². The number of benzene rings is 2. The Morgan fingerprint density at radius 3 is 2.54 bits per heavy atom. The van der Waals surface area contributed by atoms with Crippen molar-refractivity contribution in [1.29, 1.82) is 5.26 Å². The Bertz CT molecular complexity index is 848. The number of para-hydroxylation sites is 1. The monoisotopic (exact) mass is 375 g/mol. The molecular formula is C24H29N3O. The Labute approximate surface area is 168 Å². The number of aryl methyl sites for hydroxylation is 2. The average molecular weight is 376 g/mol. The maximum Gasteiger partial charge on any atom is 0.267 e. The number of nitrogens with one attached hydrogen (secondary N) is 2. The highest BCUT2D eigenvalue weighted by atomic mass is 16.1. The van der Waals surface area contributed by atoms with E-state index < -0.39 is 0 Å². The van der Waals surface area contributed by atoms with E-state index in [-0.39, 0.29) is 17.4 Å². The standard InChI is InChI=1S/C24H29N3O/c1-18(2)22-14-9-10-19(3)23(22)27-24(28)21(16-25)17-26-15-8-7-13-20-11-5-4-6-12-20/h4-6,9-12,14,17-18,26H,7-8,13,15H2,1-3H3,(H,27,28)/b21-17-. The van der Waals surface area contributed by atoms with E-state index in [9.17, 15) is 10.1 Å². The van der Waals surface area contributed by atoms with E-state index >= 15 is 0 Å². The number of carbonyl (C=O) groups excluding carboxylic acids is 1. The van der Waals surface area contributed by atoms with Crippen LogP contribution in [0.15, 0.2) is 60.3 Å². The molecule has 0 bridgehead atoms. The average Bonchev–Trinajstić information content (AvgIpc) is 2.69. The van der Waals surface area contributed by atoms with Gasteiger partial charge in [-0.1, -0.05) is 62.4 Å². The number of hydrogen-bond donors (Lipinski definition) is 2. The quantitative estimate of drug-likeness (QED) is 0.365. The molecule has 4 heteroatoms. The minimum atomic E-state index is -0.379. The lowest BCUT2D eigenvalue weighted by molar-refractivity contribution is -0.112. The van der Waals surface area contributed by atoms with Crippen molar-refractivity contribution in [3.63, 3.8) is 0 Å². The summed E-state index contributed by atoms with van der Waals surface area (Å²) in [6, 6.07) is 18.3. The van der Waals surface area contributed by atoms with Gasteiger partial charge in [0.25, 0.3) is 5.91 Å². The predicted octanol–water partition coefficient (Wildman–Crippen LogP) is 5.08. The highest BCUT2D eigenvalue weighted by Gasteiger charge is 2.14. The van der Waals surface area contributed by atoms with Crippen LogP contribution in [0.4, 0.5) is 5.69 Å². The fraction of sp³-hybridized carbons (Fsp3) is 0.333. The number of hydrogen-bond acceptors (Lipinski definition) is 3. The summed E-state index contributed by atoms with van der Waals surface area (Å²) in [4.78, 5) is 12.5. The summed E-state index contributed by atoms with van der Waals surface area (Å²) in [7, 11) is 0. The number of amides is 1. The predicted molar refractivity (Wildman–Crippen MR) is 115 cm³/mol. The maximum absolute atomic E-state index is 12.5. The van der Waals surface area contributed by atoms with Crippen molar-refractivity contribution in [3.05, 3.63) is 77.0 Å².